The first-order chi connectivity index (χ1) is 14.6. The third kappa shape index (κ3) is 3.79. The number of nitrogens with zero attached hydrogens (tertiary/aromatic N) is 2. The molecule has 4 rings (SSSR count). The first kappa shape index (κ1) is 20.0. The summed E-state index contributed by atoms with van der Waals surface area (Å²) in [6.45, 7) is 1.24. The van der Waals surface area contributed by atoms with Crippen molar-refractivity contribution in [3.05, 3.63) is 96.6 Å². The van der Waals surface area contributed by atoms with E-state index in [1.807, 2.05) is 100 Å². The maximum Gasteiger partial charge on any atom is 0.404 e. The zero-order valence-corrected chi connectivity index (χ0v) is 17.4. The van der Waals surface area contributed by atoms with Crippen LogP contribution >= 0.6 is 7.44 Å². The molecule has 3 aromatic carbocycles. The average molecular weight is 421 g/mol. The van der Waals surface area contributed by atoms with Gasteiger partial charge in [-0.15, -0.1) is 0 Å². The molecule has 1 unspecified atom stereocenters. The van der Waals surface area contributed by atoms with Gasteiger partial charge in [0.1, 0.15) is 0 Å². The van der Waals surface area contributed by atoms with Gasteiger partial charge in [0, 0.05) is 31.0 Å². The van der Waals surface area contributed by atoms with Gasteiger partial charge in [-0.2, -0.15) is 0 Å². The average Bonchev–Trinajstić information content (AvgIpc) is 3.13. The first-order valence-corrected chi connectivity index (χ1v) is 11.6. The highest BCUT2D eigenvalue weighted by Crippen LogP contribution is 2.68. The van der Waals surface area contributed by atoms with Crippen molar-refractivity contribution in [3.63, 3.8) is 0 Å². The van der Waals surface area contributed by atoms with Gasteiger partial charge < -0.3 is 19.8 Å². The largest absolute Gasteiger partial charge is 0.465 e. The summed E-state index contributed by atoms with van der Waals surface area (Å²) in [6.07, 6.45) is -1.13. The molecule has 6 nitrogen and oxygen atoms in total. The van der Waals surface area contributed by atoms with E-state index in [1.165, 1.54) is 0 Å². The van der Waals surface area contributed by atoms with Crippen molar-refractivity contribution >= 4 is 24.9 Å². The number of carbonyl (C=O) groups is 1. The summed E-state index contributed by atoms with van der Waals surface area (Å²) in [5.74, 6) is 0. The minimum absolute atomic E-state index is 0.0588. The number of hydrogen-bond acceptors (Lipinski definition) is 2. The lowest BCUT2D eigenvalue weighted by molar-refractivity contribution is 0.194. The predicted molar refractivity (Wildman–Crippen MR) is 120 cm³/mol. The first-order valence-electron chi connectivity index (χ1n) is 9.88. The second-order valence-electron chi connectivity index (χ2n) is 7.12. The summed E-state index contributed by atoms with van der Waals surface area (Å²) < 4.78 is 18.9. The Kier molecular flexibility index (Phi) is 5.77. The number of rotatable bonds is 6. The number of hydrogen-bond donors (Lipinski definition) is 2. The molecule has 7 heteroatoms. The molecule has 1 amide bonds. The Balaban J connectivity index is 1.86. The van der Waals surface area contributed by atoms with Crippen LogP contribution < -0.4 is 14.7 Å². The molecule has 1 aliphatic heterocycles. The van der Waals surface area contributed by atoms with Crippen LogP contribution in [0.15, 0.2) is 91.0 Å². The van der Waals surface area contributed by atoms with E-state index < -0.39 is 19.2 Å². The minimum atomic E-state index is -3.28. The zero-order valence-electron chi connectivity index (χ0n) is 16.5. The molecule has 1 fully saturated rings. The molecule has 1 heterocycles. The number of para-hydroxylation sites is 2. The van der Waals surface area contributed by atoms with Gasteiger partial charge in [0.15, 0.2) is 0 Å². The van der Waals surface area contributed by atoms with Crippen molar-refractivity contribution in [2.45, 2.75) is 5.66 Å². The van der Waals surface area contributed by atoms with Crippen molar-refractivity contribution in [2.75, 3.05) is 29.0 Å². The Hall–Kier alpha value is -3.24. The van der Waals surface area contributed by atoms with E-state index in [4.69, 9.17) is 0 Å². The van der Waals surface area contributed by atoms with Gasteiger partial charge in [-0.05, 0) is 29.8 Å². The summed E-state index contributed by atoms with van der Waals surface area (Å²) >= 11 is 0. The topological polar surface area (TPSA) is 72.9 Å². The van der Waals surface area contributed by atoms with E-state index in [0.29, 0.717) is 13.1 Å². The quantitative estimate of drug-likeness (QED) is 0.534. The molecule has 3 aromatic rings. The summed E-state index contributed by atoms with van der Waals surface area (Å²) in [5.41, 5.74) is 2.06. The fourth-order valence-corrected chi connectivity index (χ4v) is 7.53. The van der Waals surface area contributed by atoms with E-state index in [0.717, 1.165) is 16.9 Å². The SMILES string of the molecule is O=C(O)NCC(c1ccccc1)P1(=O)N(c2ccccc2)CCN1c1ccccc1. The highest BCUT2D eigenvalue weighted by atomic mass is 31.2. The van der Waals surface area contributed by atoms with Gasteiger partial charge in [0.2, 0.25) is 0 Å². The monoisotopic (exact) mass is 421 g/mol. The third-order valence-electron chi connectivity index (χ3n) is 5.36. The summed E-state index contributed by atoms with van der Waals surface area (Å²) in [5, 5.41) is 11.8. The van der Waals surface area contributed by atoms with Crippen LogP contribution in [0.4, 0.5) is 16.2 Å². The minimum Gasteiger partial charge on any atom is -0.465 e. The Morgan fingerprint density at radius 1 is 0.833 bits per heavy atom. The van der Waals surface area contributed by atoms with Crippen LogP contribution in [0.3, 0.4) is 0 Å². The van der Waals surface area contributed by atoms with E-state index in [2.05, 4.69) is 5.32 Å². The molecule has 0 aromatic heterocycles. The van der Waals surface area contributed by atoms with Crippen LogP contribution in [-0.2, 0) is 4.57 Å². The number of benzene rings is 3. The number of amides is 1. The Morgan fingerprint density at radius 2 is 1.27 bits per heavy atom. The predicted octanol–water partition coefficient (Wildman–Crippen LogP) is 5.22. The molecule has 30 heavy (non-hydrogen) atoms. The Labute approximate surface area is 176 Å². The normalized spacial score (nSPS) is 16.3. The molecule has 0 spiro atoms. The molecular formula is C23H24N3O3P. The lowest BCUT2D eigenvalue weighted by atomic mass is 10.1. The van der Waals surface area contributed by atoms with Gasteiger partial charge in [0.05, 0.1) is 5.66 Å². The lowest BCUT2D eigenvalue weighted by Crippen LogP contribution is -2.32. The molecule has 1 aliphatic rings. The second kappa shape index (κ2) is 8.64. The van der Waals surface area contributed by atoms with Gasteiger partial charge >= 0.3 is 6.09 Å². The molecule has 1 saturated heterocycles. The fourth-order valence-electron chi connectivity index (χ4n) is 4.02. The highest BCUT2D eigenvalue weighted by Gasteiger charge is 2.49. The fraction of sp³-hybridized carbons (Fsp3) is 0.174. The molecule has 0 bridgehead atoms. The zero-order chi connectivity index (χ0) is 21.0. The highest BCUT2D eigenvalue weighted by molar-refractivity contribution is 7.68. The standard InChI is InChI=1S/C23H24N3O3P/c27-23(28)24-18-22(19-10-4-1-5-11-19)30(29)25(20-12-6-2-7-13-20)16-17-26(30)21-14-8-3-9-15-21/h1-15,22,24H,16-18H2,(H,27,28). The van der Waals surface area contributed by atoms with E-state index in [-0.39, 0.29) is 6.54 Å². The van der Waals surface area contributed by atoms with Crippen LogP contribution in [0, 0.1) is 0 Å². The maximum atomic E-state index is 15.0. The van der Waals surface area contributed by atoms with Crippen LogP contribution in [0.5, 0.6) is 0 Å². The van der Waals surface area contributed by atoms with Gasteiger partial charge in [-0.1, -0.05) is 66.7 Å². The van der Waals surface area contributed by atoms with Gasteiger partial charge in [0.25, 0.3) is 7.44 Å². The van der Waals surface area contributed by atoms with Crippen molar-refractivity contribution in [2.24, 2.45) is 0 Å². The molecule has 0 aliphatic carbocycles. The van der Waals surface area contributed by atoms with Crippen LogP contribution in [0.2, 0.25) is 0 Å². The number of nitrogens with one attached hydrogen (secondary N) is 1. The number of anilines is 2. The van der Waals surface area contributed by atoms with Gasteiger partial charge in [-0.25, -0.2) is 4.79 Å². The van der Waals surface area contributed by atoms with E-state index in [1.54, 1.807) is 0 Å². The maximum absolute atomic E-state index is 15.0. The van der Waals surface area contributed by atoms with Crippen LogP contribution in [0.25, 0.3) is 0 Å². The smallest absolute Gasteiger partial charge is 0.404 e. The van der Waals surface area contributed by atoms with Crippen molar-refractivity contribution < 1.29 is 14.5 Å². The molecule has 0 saturated carbocycles. The van der Waals surface area contributed by atoms with E-state index in [9.17, 15) is 9.90 Å². The van der Waals surface area contributed by atoms with Crippen molar-refractivity contribution in [3.8, 4) is 0 Å². The lowest BCUT2D eigenvalue weighted by Gasteiger charge is -2.38. The van der Waals surface area contributed by atoms with Crippen molar-refractivity contribution in [1.29, 1.82) is 0 Å². The number of carboxylic acid groups (broad SMARTS) is 1. The summed E-state index contributed by atoms with van der Waals surface area (Å²) in [4.78, 5) is 11.3. The van der Waals surface area contributed by atoms with E-state index >= 15 is 4.57 Å². The molecular weight excluding hydrogens is 397 g/mol. The van der Waals surface area contributed by atoms with Crippen LogP contribution in [-0.4, -0.2) is 30.8 Å². The molecule has 2 N–H and O–H groups in total. The van der Waals surface area contributed by atoms with Crippen molar-refractivity contribution in [1.82, 2.24) is 5.32 Å². The Morgan fingerprint density at radius 3 is 1.70 bits per heavy atom. The summed E-state index contributed by atoms with van der Waals surface area (Å²) in [7, 11) is -3.28. The molecule has 1 atom stereocenters. The molecule has 154 valence electrons. The Bertz CT molecular complexity index is 980. The van der Waals surface area contributed by atoms with Gasteiger partial charge in [-0.3, -0.25) is 4.57 Å². The molecule has 0 radical (unpaired) electrons. The summed E-state index contributed by atoms with van der Waals surface area (Å²) in [6, 6.07) is 28.9. The van der Waals surface area contributed by atoms with Crippen LogP contribution in [0.1, 0.15) is 11.2 Å². The third-order valence-corrected chi connectivity index (χ3v) is 8.90. The second-order valence-corrected chi connectivity index (χ2v) is 9.89.